The largest absolute Gasteiger partial charge is 0.497 e. The van der Waals surface area contributed by atoms with Gasteiger partial charge in [0.15, 0.2) is 5.78 Å². The Balaban J connectivity index is 1.75. The molecule has 1 aliphatic rings. The van der Waals surface area contributed by atoms with E-state index in [4.69, 9.17) is 4.74 Å². The lowest BCUT2D eigenvalue weighted by molar-refractivity contribution is -0.116. The van der Waals surface area contributed by atoms with Crippen molar-refractivity contribution in [3.8, 4) is 5.75 Å². The van der Waals surface area contributed by atoms with Crippen molar-refractivity contribution in [3.63, 3.8) is 0 Å². The van der Waals surface area contributed by atoms with Crippen LogP contribution in [-0.4, -0.2) is 12.9 Å². The van der Waals surface area contributed by atoms with E-state index in [2.05, 4.69) is 17.5 Å². The van der Waals surface area contributed by atoms with E-state index in [1.54, 1.807) is 18.4 Å². The first-order valence-electron chi connectivity index (χ1n) is 7.17. The fourth-order valence-electron chi connectivity index (χ4n) is 2.78. The lowest BCUT2D eigenvalue weighted by Gasteiger charge is -2.22. The minimum Gasteiger partial charge on any atom is -0.497 e. The average Bonchev–Trinajstić information content (AvgIpc) is 3.04. The van der Waals surface area contributed by atoms with Gasteiger partial charge in [-0.25, -0.2) is 0 Å². The molecule has 1 atom stereocenters. The molecular weight excluding hydrogens is 280 g/mol. The summed E-state index contributed by atoms with van der Waals surface area (Å²) in [5.41, 5.74) is 1.98. The van der Waals surface area contributed by atoms with Crippen LogP contribution in [-0.2, 0) is 4.79 Å². The van der Waals surface area contributed by atoms with Gasteiger partial charge < -0.3 is 4.74 Å². The Kier molecular flexibility index (Phi) is 4.20. The maximum Gasteiger partial charge on any atom is 0.159 e. The first-order chi connectivity index (χ1) is 10.3. The molecule has 0 N–H and O–H groups in total. The van der Waals surface area contributed by atoms with Crippen LogP contribution in [0.1, 0.15) is 35.6 Å². The second-order valence-electron chi connectivity index (χ2n) is 5.32. The van der Waals surface area contributed by atoms with Gasteiger partial charge in [-0.2, -0.15) is 0 Å². The first kappa shape index (κ1) is 14.1. The third-order valence-electron chi connectivity index (χ3n) is 3.93. The van der Waals surface area contributed by atoms with E-state index in [1.807, 2.05) is 30.3 Å². The maximum atomic E-state index is 12.4. The zero-order valence-corrected chi connectivity index (χ0v) is 12.9. The number of rotatable bonds is 3. The zero-order valence-electron chi connectivity index (χ0n) is 12.0. The molecule has 0 spiro atoms. The van der Waals surface area contributed by atoms with Crippen LogP contribution in [0.5, 0.6) is 5.75 Å². The molecule has 0 saturated heterocycles. The summed E-state index contributed by atoms with van der Waals surface area (Å²) >= 11 is 1.75. The molecule has 3 rings (SSSR count). The van der Waals surface area contributed by atoms with Crippen molar-refractivity contribution in [3.05, 3.63) is 57.8 Å². The number of thiophene rings is 1. The van der Waals surface area contributed by atoms with E-state index in [0.29, 0.717) is 12.3 Å². The summed E-state index contributed by atoms with van der Waals surface area (Å²) in [6, 6.07) is 12.0. The van der Waals surface area contributed by atoms with Gasteiger partial charge >= 0.3 is 0 Å². The van der Waals surface area contributed by atoms with Crippen molar-refractivity contribution in [1.82, 2.24) is 0 Å². The number of methoxy groups -OCH3 is 1. The topological polar surface area (TPSA) is 26.3 Å². The molecule has 3 heteroatoms. The van der Waals surface area contributed by atoms with Crippen molar-refractivity contribution in [2.24, 2.45) is 0 Å². The number of ether oxygens (including phenoxy) is 1. The molecule has 1 aliphatic carbocycles. The first-order valence-corrected chi connectivity index (χ1v) is 8.05. The lowest BCUT2D eigenvalue weighted by Crippen LogP contribution is -2.15. The summed E-state index contributed by atoms with van der Waals surface area (Å²) in [7, 11) is 1.66. The van der Waals surface area contributed by atoms with Crippen LogP contribution in [0, 0.1) is 0 Å². The Morgan fingerprint density at radius 2 is 2.19 bits per heavy atom. The monoisotopic (exact) mass is 298 g/mol. The average molecular weight is 298 g/mol. The molecule has 0 bridgehead atoms. The van der Waals surface area contributed by atoms with E-state index in [1.165, 1.54) is 4.88 Å². The molecule has 0 radical (unpaired) electrons. The summed E-state index contributed by atoms with van der Waals surface area (Å²) in [4.78, 5) is 13.7. The number of carbonyl (C=O) groups excluding carboxylic acids is 1. The third-order valence-corrected chi connectivity index (χ3v) is 4.97. The van der Waals surface area contributed by atoms with Crippen LogP contribution in [0.25, 0.3) is 6.08 Å². The van der Waals surface area contributed by atoms with Crippen molar-refractivity contribution >= 4 is 23.2 Å². The number of allylic oxidation sites excluding steroid dienone is 1. The molecule has 1 fully saturated rings. The fraction of sp³-hybridized carbons (Fsp3) is 0.278. The standard InChI is InChI=1S/C18H18O2S/c1-20-16-5-2-4-13(11-16)10-14-7-8-15(12-17(14)19)18-6-3-9-21-18/h2-6,9-11,15H,7-8,12H2,1H3/b14-10-. The minimum absolute atomic E-state index is 0.280. The normalized spacial score (nSPS) is 20.7. The van der Waals surface area contributed by atoms with Gasteiger partial charge in [0.05, 0.1) is 7.11 Å². The van der Waals surface area contributed by atoms with E-state index >= 15 is 0 Å². The number of hydrogen-bond donors (Lipinski definition) is 0. The number of benzene rings is 1. The van der Waals surface area contributed by atoms with Crippen LogP contribution in [0.3, 0.4) is 0 Å². The van der Waals surface area contributed by atoms with Crippen molar-refractivity contribution in [2.45, 2.75) is 25.2 Å². The fourth-order valence-corrected chi connectivity index (χ4v) is 3.64. The second kappa shape index (κ2) is 6.27. The third kappa shape index (κ3) is 3.24. The summed E-state index contributed by atoms with van der Waals surface area (Å²) in [6.45, 7) is 0. The van der Waals surface area contributed by atoms with Crippen molar-refractivity contribution < 1.29 is 9.53 Å². The van der Waals surface area contributed by atoms with E-state index in [-0.39, 0.29) is 5.78 Å². The van der Waals surface area contributed by atoms with Gasteiger partial charge in [0, 0.05) is 17.2 Å². The molecule has 0 aliphatic heterocycles. The number of Topliss-reactive ketones (excluding diaryl/α,β-unsaturated/α-hetero) is 1. The number of hydrogen-bond acceptors (Lipinski definition) is 3. The quantitative estimate of drug-likeness (QED) is 0.769. The van der Waals surface area contributed by atoms with Gasteiger partial charge in [-0.05, 0) is 53.6 Å². The van der Waals surface area contributed by atoms with Gasteiger partial charge in [0.25, 0.3) is 0 Å². The SMILES string of the molecule is COc1cccc(/C=C2/CCC(c3cccs3)CC2=O)c1. The van der Waals surface area contributed by atoms with Crippen LogP contribution < -0.4 is 4.74 Å². The van der Waals surface area contributed by atoms with Crippen molar-refractivity contribution in [2.75, 3.05) is 7.11 Å². The van der Waals surface area contributed by atoms with E-state index < -0.39 is 0 Å². The Labute approximate surface area is 129 Å². The number of ketones is 1. The highest BCUT2D eigenvalue weighted by atomic mass is 32.1. The molecule has 1 unspecified atom stereocenters. The molecular formula is C18H18O2S. The zero-order chi connectivity index (χ0) is 14.7. The molecule has 1 saturated carbocycles. The van der Waals surface area contributed by atoms with Crippen molar-refractivity contribution in [1.29, 1.82) is 0 Å². The Morgan fingerprint density at radius 3 is 2.90 bits per heavy atom. The Morgan fingerprint density at radius 1 is 1.29 bits per heavy atom. The highest BCUT2D eigenvalue weighted by molar-refractivity contribution is 7.10. The summed E-state index contributed by atoms with van der Waals surface area (Å²) in [5, 5.41) is 2.08. The highest BCUT2D eigenvalue weighted by Crippen LogP contribution is 2.36. The number of carbonyl (C=O) groups is 1. The molecule has 1 aromatic heterocycles. The predicted octanol–water partition coefficient (Wildman–Crippen LogP) is 4.68. The van der Waals surface area contributed by atoms with E-state index in [0.717, 1.165) is 29.7 Å². The van der Waals surface area contributed by atoms with Crippen LogP contribution in [0.15, 0.2) is 47.4 Å². The summed E-state index contributed by atoms with van der Waals surface area (Å²) < 4.78 is 5.22. The molecule has 1 heterocycles. The Hall–Kier alpha value is -1.87. The van der Waals surface area contributed by atoms with Gasteiger partial charge in [-0.3, -0.25) is 4.79 Å². The van der Waals surface area contributed by atoms with Gasteiger partial charge in [0.2, 0.25) is 0 Å². The lowest BCUT2D eigenvalue weighted by atomic mass is 9.83. The summed E-state index contributed by atoms with van der Waals surface area (Å²) in [6.07, 6.45) is 4.56. The minimum atomic E-state index is 0.280. The molecule has 1 aromatic carbocycles. The van der Waals surface area contributed by atoms with E-state index in [9.17, 15) is 4.79 Å². The van der Waals surface area contributed by atoms with Crippen LogP contribution >= 0.6 is 11.3 Å². The molecule has 0 amide bonds. The summed E-state index contributed by atoms with van der Waals surface area (Å²) in [5.74, 6) is 1.51. The molecule has 2 aromatic rings. The van der Waals surface area contributed by atoms with Gasteiger partial charge in [-0.15, -0.1) is 11.3 Å². The predicted molar refractivity (Wildman–Crippen MR) is 86.9 cm³/mol. The highest BCUT2D eigenvalue weighted by Gasteiger charge is 2.25. The molecule has 108 valence electrons. The smallest absolute Gasteiger partial charge is 0.159 e. The molecule has 21 heavy (non-hydrogen) atoms. The van der Waals surface area contributed by atoms with Gasteiger partial charge in [-0.1, -0.05) is 18.2 Å². The Bertz CT molecular complexity index is 656. The molecule has 2 nitrogen and oxygen atoms in total. The second-order valence-corrected chi connectivity index (χ2v) is 6.30. The maximum absolute atomic E-state index is 12.4. The van der Waals surface area contributed by atoms with Crippen LogP contribution in [0.2, 0.25) is 0 Å². The van der Waals surface area contributed by atoms with Crippen LogP contribution in [0.4, 0.5) is 0 Å². The van der Waals surface area contributed by atoms with Gasteiger partial charge in [0.1, 0.15) is 5.75 Å².